The van der Waals surface area contributed by atoms with Crippen LogP contribution in [0.3, 0.4) is 0 Å². The second-order valence-electron chi connectivity index (χ2n) is 18.4. The molecule has 6 unspecified atom stereocenters. The van der Waals surface area contributed by atoms with Gasteiger partial charge in [-0.1, -0.05) is 212 Å². The van der Waals surface area contributed by atoms with E-state index in [2.05, 4.69) is 38.2 Å². The maximum absolute atomic E-state index is 12.8. The van der Waals surface area contributed by atoms with Crippen molar-refractivity contribution in [3.63, 3.8) is 0 Å². The van der Waals surface area contributed by atoms with E-state index in [9.17, 15) is 34.8 Å². The Kier molecular flexibility index (Phi) is 40.4. The summed E-state index contributed by atoms with van der Waals surface area (Å²) in [6.45, 7) is 3.82. The number of hydrogen-bond acceptors (Lipinski definition) is 10. The Bertz CT molecular complexity index is 1160. The van der Waals surface area contributed by atoms with Crippen LogP contribution >= 0.6 is 0 Å². The standard InChI is InChI=1S/C53H96O11/c1-3-5-7-9-11-13-15-17-19-21-22-23-24-26-28-30-32-34-36-38-40-42-47(55)63-45(44-62-53-50(58)48(56)49(57)51(64-53)52(59)60)43-61-46(54)41-39-37-35-33-31-29-27-25-20-18-16-14-12-10-8-6-4-2/h12,14,18,20,45,48-51,53,56-58H,3-11,13,15-17,19,21-44H2,1-2H3,(H,59,60)/b14-12-,20-18-. The van der Waals surface area contributed by atoms with Gasteiger partial charge in [-0.05, 0) is 44.9 Å². The van der Waals surface area contributed by atoms with Gasteiger partial charge < -0.3 is 39.4 Å². The normalized spacial score (nSPS) is 19.4. The highest BCUT2D eigenvalue weighted by Gasteiger charge is 2.47. The molecule has 0 amide bonds. The van der Waals surface area contributed by atoms with Crippen LogP contribution in [-0.2, 0) is 33.3 Å². The van der Waals surface area contributed by atoms with Crippen molar-refractivity contribution in [2.75, 3.05) is 13.2 Å². The molecular weight excluding hydrogens is 813 g/mol. The molecule has 0 aromatic heterocycles. The minimum atomic E-state index is -1.86. The molecule has 374 valence electrons. The first-order valence-electron chi connectivity index (χ1n) is 26.4. The van der Waals surface area contributed by atoms with E-state index < -0.39 is 54.7 Å². The molecule has 1 rings (SSSR count). The Labute approximate surface area is 389 Å². The zero-order chi connectivity index (χ0) is 46.7. The van der Waals surface area contributed by atoms with E-state index in [0.29, 0.717) is 12.8 Å². The van der Waals surface area contributed by atoms with Crippen molar-refractivity contribution >= 4 is 17.9 Å². The van der Waals surface area contributed by atoms with Gasteiger partial charge in [-0.3, -0.25) is 9.59 Å². The van der Waals surface area contributed by atoms with Crippen molar-refractivity contribution in [3.8, 4) is 0 Å². The van der Waals surface area contributed by atoms with Crippen molar-refractivity contribution < 1.29 is 53.8 Å². The summed E-state index contributed by atoms with van der Waals surface area (Å²) in [5.41, 5.74) is 0. The van der Waals surface area contributed by atoms with E-state index in [4.69, 9.17) is 18.9 Å². The number of allylic oxidation sites excluding steroid dienone is 4. The van der Waals surface area contributed by atoms with Gasteiger partial charge in [0.05, 0.1) is 6.61 Å². The second-order valence-corrected chi connectivity index (χ2v) is 18.4. The lowest BCUT2D eigenvalue weighted by atomic mass is 9.99. The largest absolute Gasteiger partial charge is 0.479 e. The Morgan fingerprint density at radius 2 is 0.875 bits per heavy atom. The number of carboxylic acid groups (broad SMARTS) is 1. The van der Waals surface area contributed by atoms with Gasteiger partial charge in [-0.2, -0.15) is 0 Å². The number of esters is 2. The molecule has 0 spiro atoms. The molecule has 1 fully saturated rings. The third-order valence-electron chi connectivity index (χ3n) is 12.3. The van der Waals surface area contributed by atoms with Crippen molar-refractivity contribution in [1.29, 1.82) is 0 Å². The number of carbonyl (C=O) groups excluding carboxylic acids is 2. The summed E-state index contributed by atoms with van der Waals surface area (Å²) in [4.78, 5) is 37.0. The minimum absolute atomic E-state index is 0.186. The average Bonchev–Trinajstić information content (AvgIpc) is 3.28. The molecule has 0 saturated carbocycles. The van der Waals surface area contributed by atoms with Gasteiger partial charge in [-0.15, -0.1) is 0 Å². The van der Waals surface area contributed by atoms with Crippen LogP contribution in [0.15, 0.2) is 24.3 Å². The zero-order valence-electron chi connectivity index (χ0n) is 40.8. The van der Waals surface area contributed by atoms with Crippen molar-refractivity contribution in [2.45, 2.75) is 282 Å². The van der Waals surface area contributed by atoms with E-state index >= 15 is 0 Å². The molecule has 4 N–H and O–H groups in total. The Morgan fingerprint density at radius 3 is 1.33 bits per heavy atom. The number of carbonyl (C=O) groups is 3. The van der Waals surface area contributed by atoms with Crippen molar-refractivity contribution in [1.82, 2.24) is 0 Å². The maximum Gasteiger partial charge on any atom is 0.335 e. The van der Waals surface area contributed by atoms with Gasteiger partial charge in [0.2, 0.25) is 0 Å². The van der Waals surface area contributed by atoms with Crippen molar-refractivity contribution in [2.24, 2.45) is 0 Å². The van der Waals surface area contributed by atoms with Crippen molar-refractivity contribution in [3.05, 3.63) is 24.3 Å². The van der Waals surface area contributed by atoms with Gasteiger partial charge in [0.1, 0.15) is 24.9 Å². The molecule has 1 saturated heterocycles. The zero-order valence-corrected chi connectivity index (χ0v) is 40.8. The predicted molar refractivity (Wildman–Crippen MR) is 257 cm³/mol. The Balaban J connectivity index is 2.28. The number of ether oxygens (including phenoxy) is 4. The number of aliphatic carboxylic acids is 1. The maximum atomic E-state index is 12.8. The Morgan fingerprint density at radius 1 is 0.484 bits per heavy atom. The first kappa shape index (κ1) is 59.7. The third kappa shape index (κ3) is 34.1. The minimum Gasteiger partial charge on any atom is -0.479 e. The average molecular weight is 909 g/mol. The number of carboxylic acids is 1. The van der Waals surface area contributed by atoms with Gasteiger partial charge in [-0.25, -0.2) is 4.79 Å². The molecule has 1 aliphatic heterocycles. The van der Waals surface area contributed by atoms with Crippen LogP contribution in [0.4, 0.5) is 0 Å². The molecule has 1 heterocycles. The number of aliphatic hydroxyl groups excluding tert-OH is 3. The van der Waals surface area contributed by atoms with Crippen LogP contribution < -0.4 is 0 Å². The third-order valence-corrected chi connectivity index (χ3v) is 12.3. The van der Waals surface area contributed by atoms with E-state index in [1.165, 1.54) is 154 Å². The number of unbranched alkanes of at least 4 members (excludes halogenated alkanes) is 30. The van der Waals surface area contributed by atoms with Crippen LogP contribution in [0, 0.1) is 0 Å². The summed E-state index contributed by atoms with van der Waals surface area (Å²) in [5.74, 6) is -2.44. The highest BCUT2D eigenvalue weighted by atomic mass is 16.7. The molecule has 0 aliphatic carbocycles. The van der Waals surface area contributed by atoms with Crippen LogP contribution in [0.25, 0.3) is 0 Å². The molecule has 0 aromatic rings. The fourth-order valence-electron chi connectivity index (χ4n) is 8.15. The summed E-state index contributed by atoms with van der Waals surface area (Å²) in [6, 6.07) is 0. The lowest BCUT2D eigenvalue weighted by Crippen LogP contribution is -2.60. The fourth-order valence-corrected chi connectivity index (χ4v) is 8.15. The number of hydrogen-bond donors (Lipinski definition) is 4. The highest BCUT2D eigenvalue weighted by molar-refractivity contribution is 5.73. The smallest absolute Gasteiger partial charge is 0.335 e. The molecule has 64 heavy (non-hydrogen) atoms. The molecule has 11 heteroatoms. The van der Waals surface area contributed by atoms with E-state index in [-0.39, 0.29) is 26.1 Å². The first-order valence-corrected chi connectivity index (χ1v) is 26.4. The van der Waals surface area contributed by atoms with Gasteiger partial charge in [0.25, 0.3) is 0 Å². The van der Waals surface area contributed by atoms with E-state index in [0.717, 1.165) is 51.4 Å². The summed E-state index contributed by atoms with van der Waals surface area (Å²) < 4.78 is 21.8. The van der Waals surface area contributed by atoms with Crippen LogP contribution in [0.1, 0.15) is 245 Å². The Hall–Kier alpha value is -2.31. The van der Waals surface area contributed by atoms with E-state index in [1.807, 2.05) is 0 Å². The molecule has 0 radical (unpaired) electrons. The number of aliphatic hydroxyl groups is 3. The molecule has 11 nitrogen and oxygen atoms in total. The summed E-state index contributed by atoms with van der Waals surface area (Å²) in [7, 11) is 0. The molecule has 6 atom stereocenters. The predicted octanol–water partition coefficient (Wildman–Crippen LogP) is 12.5. The summed E-state index contributed by atoms with van der Waals surface area (Å²) in [6.07, 6.45) is 40.8. The highest BCUT2D eigenvalue weighted by Crippen LogP contribution is 2.23. The second kappa shape index (κ2) is 43.3. The molecule has 0 bridgehead atoms. The summed E-state index contributed by atoms with van der Waals surface area (Å²) in [5, 5.41) is 40.0. The van der Waals surface area contributed by atoms with E-state index in [1.54, 1.807) is 0 Å². The van der Waals surface area contributed by atoms with Crippen LogP contribution in [0.2, 0.25) is 0 Å². The number of rotatable bonds is 45. The topological polar surface area (TPSA) is 169 Å². The SMILES string of the molecule is CCCCC/C=C\C/C=C\CCCCCCCCCC(=O)OCC(COC1OC(C(=O)O)C(O)C(O)C1O)OC(=O)CCCCCCCCCCCCCCCCCCCCCCC. The summed E-state index contributed by atoms with van der Waals surface area (Å²) >= 11 is 0. The van der Waals surface area contributed by atoms with Crippen LogP contribution in [-0.4, -0.2) is 88.4 Å². The van der Waals surface area contributed by atoms with Crippen LogP contribution in [0.5, 0.6) is 0 Å². The van der Waals surface area contributed by atoms with Gasteiger partial charge >= 0.3 is 17.9 Å². The molecule has 0 aromatic carbocycles. The first-order chi connectivity index (χ1) is 31.2. The lowest BCUT2D eigenvalue weighted by molar-refractivity contribution is -0.298. The molecule has 1 aliphatic rings. The quantitative estimate of drug-likeness (QED) is 0.0261. The van der Waals surface area contributed by atoms with Gasteiger partial charge in [0.15, 0.2) is 18.5 Å². The molecular formula is C53H96O11. The van der Waals surface area contributed by atoms with Gasteiger partial charge in [0, 0.05) is 12.8 Å². The fraction of sp³-hybridized carbons (Fsp3) is 0.868. The lowest BCUT2D eigenvalue weighted by Gasteiger charge is -2.38. The monoisotopic (exact) mass is 909 g/mol.